The lowest BCUT2D eigenvalue weighted by Crippen LogP contribution is -2.47. The summed E-state index contributed by atoms with van der Waals surface area (Å²) in [7, 11) is 0. The van der Waals surface area contributed by atoms with Gasteiger partial charge in [-0.25, -0.2) is 0 Å². The van der Waals surface area contributed by atoms with E-state index in [2.05, 4.69) is 0 Å². The van der Waals surface area contributed by atoms with E-state index in [1.54, 1.807) is 13.0 Å². The summed E-state index contributed by atoms with van der Waals surface area (Å²) in [5.41, 5.74) is 0.269. The summed E-state index contributed by atoms with van der Waals surface area (Å²) in [5.74, 6) is -0.556. The first-order chi connectivity index (χ1) is 15.2. The molecule has 10 heteroatoms. The zero-order valence-electron chi connectivity index (χ0n) is 20.2. The van der Waals surface area contributed by atoms with E-state index in [0.29, 0.717) is 18.4 Å². The van der Waals surface area contributed by atoms with E-state index in [1.165, 1.54) is 13.8 Å². The molecule has 0 aliphatic heterocycles. The maximum Gasteiger partial charge on any atom is 0.303 e. The van der Waals surface area contributed by atoms with Crippen LogP contribution in [0.25, 0.3) is 0 Å². The second-order valence-electron chi connectivity index (χ2n) is 8.81. The normalized spacial score (nSPS) is 19.6. The number of esters is 1. The average molecular weight is 479 g/mol. The van der Waals surface area contributed by atoms with Crippen LogP contribution in [0.5, 0.6) is 0 Å². The van der Waals surface area contributed by atoms with Crippen LogP contribution in [0.4, 0.5) is 0 Å². The van der Waals surface area contributed by atoms with Gasteiger partial charge >= 0.3 is 5.97 Å². The molecule has 10 nitrogen and oxygen atoms in total. The molecular formula is C23H42O10. The molecule has 0 spiro atoms. The van der Waals surface area contributed by atoms with Crippen molar-refractivity contribution >= 4 is 5.97 Å². The molecular weight excluding hydrogens is 436 g/mol. The van der Waals surface area contributed by atoms with Crippen LogP contribution >= 0.6 is 0 Å². The van der Waals surface area contributed by atoms with Crippen LogP contribution in [0, 0.1) is 0 Å². The minimum atomic E-state index is -1.75. The Kier molecular flexibility index (Phi) is 14.9. The topological polar surface area (TPSA) is 177 Å². The second-order valence-corrected chi connectivity index (χ2v) is 8.81. The van der Waals surface area contributed by atoms with E-state index >= 15 is 0 Å². The Morgan fingerprint density at radius 3 is 2.06 bits per heavy atom. The maximum atomic E-state index is 11.5. The monoisotopic (exact) mass is 478 g/mol. The Morgan fingerprint density at radius 2 is 1.55 bits per heavy atom. The van der Waals surface area contributed by atoms with Gasteiger partial charge in [-0.15, -0.1) is 0 Å². The number of rotatable bonds is 16. The third kappa shape index (κ3) is 12.6. The van der Waals surface area contributed by atoms with Crippen molar-refractivity contribution in [3.63, 3.8) is 0 Å². The Hall–Kier alpha value is -1.37. The molecule has 0 amide bonds. The molecule has 0 saturated carbocycles. The summed E-state index contributed by atoms with van der Waals surface area (Å²) in [6, 6.07) is 0. The molecule has 0 bridgehead atoms. The minimum Gasteiger partial charge on any atom is -0.458 e. The van der Waals surface area contributed by atoms with Gasteiger partial charge in [0.2, 0.25) is 0 Å². The van der Waals surface area contributed by atoms with Gasteiger partial charge < -0.3 is 45.2 Å². The molecule has 7 atom stereocenters. The van der Waals surface area contributed by atoms with Crippen molar-refractivity contribution in [1.82, 2.24) is 0 Å². The first-order valence-corrected chi connectivity index (χ1v) is 11.0. The lowest BCUT2D eigenvalue weighted by molar-refractivity contribution is -0.148. The fraction of sp³-hybridized carbons (Fsp3) is 0.783. The predicted octanol–water partition coefficient (Wildman–Crippen LogP) is -0.435. The highest BCUT2D eigenvalue weighted by molar-refractivity contribution is 5.66. The number of aliphatic hydroxyl groups excluding tert-OH is 6. The average Bonchev–Trinajstić information content (AvgIpc) is 2.73. The standard InChI is InChI=1S/C23H42O10/c1-14(2)7-6-9-23(5,31)20(28)11-19(33-16(4)25)15(3)8-10-32-13-18(27)22(30)21(29)17(26)12-24/h7-8,17-22,24,26-31H,6,9-13H2,1-5H3/b15-8+/t17-,18+,19+,20+,21-,22+,23+/m1/s1. The quantitative estimate of drug-likeness (QED) is 0.0874. The molecule has 33 heavy (non-hydrogen) atoms. The van der Waals surface area contributed by atoms with Crippen LogP contribution in [0.2, 0.25) is 0 Å². The van der Waals surface area contributed by atoms with Gasteiger partial charge in [-0.2, -0.15) is 0 Å². The number of carbonyl (C=O) groups excluding carboxylic acids is 1. The molecule has 0 aliphatic carbocycles. The van der Waals surface area contributed by atoms with Crippen LogP contribution in [0.15, 0.2) is 23.3 Å². The molecule has 0 aromatic heterocycles. The maximum absolute atomic E-state index is 11.5. The Labute approximate surface area is 195 Å². The summed E-state index contributed by atoms with van der Waals surface area (Å²) in [6.07, 6.45) is -4.15. The van der Waals surface area contributed by atoms with E-state index in [9.17, 15) is 35.4 Å². The Balaban J connectivity index is 4.93. The molecule has 194 valence electrons. The van der Waals surface area contributed by atoms with Gasteiger partial charge in [-0.3, -0.25) is 4.79 Å². The molecule has 0 fully saturated rings. The first kappa shape index (κ1) is 31.6. The first-order valence-electron chi connectivity index (χ1n) is 11.0. The van der Waals surface area contributed by atoms with Gasteiger partial charge in [0.05, 0.1) is 31.5 Å². The fourth-order valence-electron chi connectivity index (χ4n) is 2.98. The van der Waals surface area contributed by atoms with Gasteiger partial charge in [0, 0.05) is 13.3 Å². The zero-order chi connectivity index (χ0) is 25.8. The van der Waals surface area contributed by atoms with Gasteiger partial charge in [0.25, 0.3) is 0 Å². The number of allylic oxidation sites excluding steroid dienone is 2. The van der Waals surface area contributed by atoms with Gasteiger partial charge in [-0.1, -0.05) is 17.7 Å². The molecule has 0 saturated heterocycles. The Morgan fingerprint density at radius 1 is 0.970 bits per heavy atom. The van der Waals surface area contributed by atoms with Crippen molar-refractivity contribution in [2.45, 2.75) is 96.1 Å². The molecule has 0 heterocycles. The third-order valence-electron chi connectivity index (χ3n) is 5.31. The number of aliphatic hydroxyl groups is 7. The van der Waals surface area contributed by atoms with E-state index in [0.717, 1.165) is 5.57 Å². The highest BCUT2D eigenvalue weighted by Gasteiger charge is 2.33. The highest BCUT2D eigenvalue weighted by atomic mass is 16.5. The lowest BCUT2D eigenvalue weighted by atomic mass is 9.88. The van der Waals surface area contributed by atoms with Gasteiger partial charge in [-0.05, 0) is 46.1 Å². The summed E-state index contributed by atoms with van der Waals surface area (Å²) >= 11 is 0. The van der Waals surface area contributed by atoms with Crippen molar-refractivity contribution in [2.24, 2.45) is 0 Å². The number of carbonyl (C=O) groups is 1. The number of ether oxygens (including phenoxy) is 2. The summed E-state index contributed by atoms with van der Waals surface area (Å²) in [5, 5.41) is 68.5. The molecule has 7 N–H and O–H groups in total. The largest absolute Gasteiger partial charge is 0.458 e. The summed E-state index contributed by atoms with van der Waals surface area (Å²) in [4.78, 5) is 11.5. The van der Waals surface area contributed by atoms with Gasteiger partial charge in [0.1, 0.15) is 30.5 Å². The molecule has 0 rings (SSSR count). The summed E-state index contributed by atoms with van der Waals surface area (Å²) in [6.45, 7) is 7.11. The SMILES string of the molecule is CC(=O)O[C@@H](C[C@H](O)[C@@](C)(O)CCC=C(C)C)/C(C)=C/COC[C@H](O)[C@H](O)[C@H](O)[C@H](O)CO. The van der Waals surface area contributed by atoms with Crippen LogP contribution in [0.1, 0.15) is 53.9 Å². The van der Waals surface area contributed by atoms with Crippen molar-refractivity contribution in [3.05, 3.63) is 23.3 Å². The van der Waals surface area contributed by atoms with Gasteiger partial charge in [0.15, 0.2) is 0 Å². The highest BCUT2D eigenvalue weighted by Crippen LogP contribution is 2.24. The molecule has 0 aromatic rings. The number of hydrogen-bond acceptors (Lipinski definition) is 10. The van der Waals surface area contributed by atoms with E-state index < -0.39 is 54.8 Å². The Bertz CT molecular complexity index is 627. The van der Waals surface area contributed by atoms with Crippen LogP contribution in [-0.4, -0.2) is 104 Å². The minimum absolute atomic E-state index is 0.0314. The third-order valence-corrected chi connectivity index (χ3v) is 5.31. The molecule has 0 unspecified atom stereocenters. The van der Waals surface area contributed by atoms with Crippen LogP contribution in [0.3, 0.4) is 0 Å². The second kappa shape index (κ2) is 15.5. The molecule has 0 aromatic carbocycles. The van der Waals surface area contributed by atoms with Crippen molar-refractivity contribution in [1.29, 1.82) is 0 Å². The van der Waals surface area contributed by atoms with E-state index in [4.69, 9.17) is 14.6 Å². The van der Waals surface area contributed by atoms with E-state index in [1.807, 2.05) is 19.9 Å². The predicted molar refractivity (Wildman–Crippen MR) is 121 cm³/mol. The van der Waals surface area contributed by atoms with Crippen LogP contribution < -0.4 is 0 Å². The number of hydrogen-bond donors (Lipinski definition) is 7. The zero-order valence-corrected chi connectivity index (χ0v) is 20.2. The lowest BCUT2D eigenvalue weighted by Gasteiger charge is -2.31. The molecule has 0 aliphatic rings. The van der Waals surface area contributed by atoms with Crippen molar-refractivity contribution in [2.75, 3.05) is 19.8 Å². The van der Waals surface area contributed by atoms with Crippen LogP contribution in [-0.2, 0) is 14.3 Å². The van der Waals surface area contributed by atoms with Crippen molar-refractivity contribution in [3.8, 4) is 0 Å². The smallest absolute Gasteiger partial charge is 0.303 e. The van der Waals surface area contributed by atoms with E-state index in [-0.39, 0.29) is 19.6 Å². The summed E-state index contributed by atoms with van der Waals surface area (Å²) < 4.78 is 10.5. The fourth-order valence-corrected chi connectivity index (χ4v) is 2.98. The van der Waals surface area contributed by atoms with Crippen molar-refractivity contribution < 1.29 is 50.0 Å². The molecule has 0 radical (unpaired) electrons.